The molecule has 1 atom stereocenters. The van der Waals surface area contributed by atoms with E-state index in [0.717, 1.165) is 42.3 Å². The SMILES string of the molecule is O=C(Nc1cccc(CNc2cc(N3CCCC3CO)ncn2)c1)c1ccncc1. The second-order valence-corrected chi connectivity index (χ2v) is 7.18. The fraction of sp³-hybridized carbons (Fsp3) is 0.273. The van der Waals surface area contributed by atoms with Crippen molar-refractivity contribution in [3.8, 4) is 0 Å². The Labute approximate surface area is 175 Å². The number of carbonyl (C=O) groups excluding carboxylic acids is 1. The van der Waals surface area contributed by atoms with E-state index in [4.69, 9.17) is 0 Å². The van der Waals surface area contributed by atoms with Crippen LogP contribution in [0.1, 0.15) is 28.8 Å². The van der Waals surface area contributed by atoms with Gasteiger partial charge in [-0.1, -0.05) is 12.1 Å². The molecule has 0 aliphatic carbocycles. The van der Waals surface area contributed by atoms with Gasteiger partial charge < -0.3 is 20.6 Å². The molecule has 0 saturated carbocycles. The standard InChI is InChI=1S/C22H24N6O2/c29-14-19-5-2-10-28(19)21-12-20(25-15-26-21)24-13-16-3-1-4-18(11-16)27-22(30)17-6-8-23-9-7-17/h1,3-4,6-9,11-12,15,19,29H,2,5,10,13-14H2,(H,27,30)(H,24,25,26). The Bertz CT molecular complexity index is 998. The molecule has 0 bridgehead atoms. The quantitative estimate of drug-likeness (QED) is 0.556. The van der Waals surface area contributed by atoms with E-state index in [1.165, 1.54) is 6.33 Å². The lowest BCUT2D eigenvalue weighted by Crippen LogP contribution is -2.32. The predicted molar refractivity (Wildman–Crippen MR) is 115 cm³/mol. The van der Waals surface area contributed by atoms with Gasteiger partial charge >= 0.3 is 0 Å². The van der Waals surface area contributed by atoms with Gasteiger partial charge in [0.1, 0.15) is 18.0 Å². The summed E-state index contributed by atoms with van der Waals surface area (Å²) in [5.41, 5.74) is 2.30. The summed E-state index contributed by atoms with van der Waals surface area (Å²) < 4.78 is 0. The number of hydrogen-bond donors (Lipinski definition) is 3. The summed E-state index contributed by atoms with van der Waals surface area (Å²) in [5.74, 6) is 1.37. The van der Waals surface area contributed by atoms with E-state index in [0.29, 0.717) is 12.1 Å². The number of hydrogen-bond acceptors (Lipinski definition) is 7. The van der Waals surface area contributed by atoms with Crippen molar-refractivity contribution in [3.63, 3.8) is 0 Å². The van der Waals surface area contributed by atoms with E-state index in [9.17, 15) is 9.90 Å². The van der Waals surface area contributed by atoms with Crippen molar-refractivity contribution >= 4 is 23.2 Å². The molecule has 1 aliphatic rings. The molecular formula is C22H24N6O2. The number of aromatic nitrogens is 3. The van der Waals surface area contributed by atoms with E-state index in [2.05, 4.69) is 30.5 Å². The number of pyridine rings is 1. The molecule has 30 heavy (non-hydrogen) atoms. The van der Waals surface area contributed by atoms with E-state index < -0.39 is 0 Å². The maximum absolute atomic E-state index is 12.3. The van der Waals surface area contributed by atoms with Crippen molar-refractivity contribution < 1.29 is 9.90 Å². The Morgan fingerprint density at radius 1 is 1.17 bits per heavy atom. The number of benzene rings is 1. The lowest BCUT2D eigenvalue weighted by atomic mass is 10.2. The summed E-state index contributed by atoms with van der Waals surface area (Å²) >= 11 is 0. The molecule has 154 valence electrons. The molecule has 1 saturated heterocycles. The van der Waals surface area contributed by atoms with E-state index in [1.807, 2.05) is 30.3 Å². The first-order valence-electron chi connectivity index (χ1n) is 9.96. The van der Waals surface area contributed by atoms with Crippen LogP contribution in [0.25, 0.3) is 0 Å². The Morgan fingerprint density at radius 3 is 2.87 bits per heavy atom. The van der Waals surface area contributed by atoms with Crippen LogP contribution in [0, 0.1) is 0 Å². The van der Waals surface area contributed by atoms with Gasteiger partial charge in [-0.25, -0.2) is 9.97 Å². The molecule has 3 aromatic rings. The molecule has 1 aliphatic heterocycles. The monoisotopic (exact) mass is 404 g/mol. The average Bonchev–Trinajstić information content (AvgIpc) is 3.28. The fourth-order valence-corrected chi connectivity index (χ4v) is 3.59. The molecule has 4 rings (SSSR count). The molecule has 0 spiro atoms. The highest BCUT2D eigenvalue weighted by atomic mass is 16.3. The molecule has 2 aromatic heterocycles. The number of rotatable bonds is 7. The summed E-state index contributed by atoms with van der Waals surface area (Å²) in [6, 6.07) is 13.0. The van der Waals surface area contributed by atoms with Gasteiger partial charge in [0.2, 0.25) is 0 Å². The van der Waals surface area contributed by atoms with Crippen LogP contribution < -0.4 is 15.5 Å². The van der Waals surface area contributed by atoms with Crippen LogP contribution >= 0.6 is 0 Å². The van der Waals surface area contributed by atoms with Crippen LogP contribution in [0.15, 0.2) is 61.2 Å². The molecule has 3 N–H and O–H groups in total. The van der Waals surface area contributed by atoms with Crippen LogP contribution in [0.2, 0.25) is 0 Å². The Hall–Kier alpha value is -3.52. The van der Waals surface area contributed by atoms with Crippen LogP contribution in [0.3, 0.4) is 0 Å². The summed E-state index contributed by atoms with van der Waals surface area (Å²) in [6.45, 7) is 1.57. The molecule has 3 heterocycles. The third-order valence-electron chi connectivity index (χ3n) is 5.14. The molecular weight excluding hydrogens is 380 g/mol. The maximum Gasteiger partial charge on any atom is 0.255 e. The van der Waals surface area contributed by atoms with E-state index in [-0.39, 0.29) is 18.6 Å². The van der Waals surface area contributed by atoms with Gasteiger partial charge in [-0.05, 0) is 42.7 Å². The minimum absolute atomic E-state index is 0.119. The number of amides is 1. The predicted octanol–water partition coefficient (Wildman–Crippen LogP) is 2.70. The summed E-state index contributed by atoms with van der Waals surface area (Å²) in [6.07, 6.45) is 6.75. The number of nitrogens with one attached hydrogen (secondary N) is 2. The van der Waals surface area contributed by atoms with Gasteiger partial charge in [-0.15, -0.1) is 0 Å². The van der Waals surface area contributed by atoms with E-state index >= 15 is 0 Å². The summed E-state index contributed by atoms with van der Waals surface area (Å²) in [7, 11) is 0. The van der Waals surface area contributed by atoms with Crippen LogP contribution in [0.5, 0.6) is 0 Å². The largest absolute Gasteiger partial charge is 0.394 e. The highest BCUT2D eigenvalue weighted by Gasteiger charge is 2.25. The van der Waals surface area contributed by atoms with Crippen molar-refractivity contribution in [3.05, 3.63) is 72.3 Å². The normalized spacial score (nSPS) is 15.8. The zero-order chi connectivity index (χ0) is 20.8. The highest BCUT2D eigenvalue weighted by molar-refractivity contribution is 6.04. The van der Waals surface area contributed by atoms with Crippen molar-refractivity contribution in [1.82, 2.24) is 15.0 Å². The summed E-state index contributed by atoms with van der Waals surface area (Å²) in [4.78, 5) is 27.0. The van der Waals surface area contributed by atoms with Gasteiger partial charge in [-0.3, -0.25) is 9.78 Å². The maximum atomic E-state index is 12.3. The second-order valence-electron chi connectivity index (χ2n) is 7.18. The van der Waals surface area contributed by atoms with Crippen LogP contribution in [0.4, 0.5) is 17.3 Å². The molecule has 1 fully saturated rings. The van der Waals surface area contributed by atoms with E-state index in [1.54, 1.807) is 24.5 Å². The van der Waals surface area contributed by atoms with Gasteiger partial charge in [0, 0.05) is 42.8 Å². The Balaban J connectivity index is 1.39. The third kappa shape index (κ3) is 4.72. The first kappa shape index (κ1) is 19.8. The van der Waals surface area contributed by atoms with Crippen LogP contribution in [-0.2, 0) is 6.54 Å². The highest BCUT2D eigenvalue weighted by Crippen LogP contribution is 2.24. The third-order valence-corrected chi connectivity index (χ3v) is 5.14. The van der Waals surface area contributed by atoms with Crippen LogP contribution in [-0.4, -0.2) is 45.2 Å². The molecule has 8 heteroatoms. The average molecular weight is 404 g/mol. The number of nitrogens with zero attached hydrogens (tertiary/aromatic N) is 4. The zero-order valence-electron chi connectivity index (χ0n) is 16.5. The minimum atomic E-state index is -0.174. The fourth-order valence-electron chi connectivity index (χ4n) is 3.59. The van der Waals surface area contributed by atoms with Crippen molar-refractivity contribution in [2.75, 3.05) is 28.7 Å². The molecule has 1 unspecified atom stereocenters. The van der Waals surface area contributed by atoms with Crippen molar-refractivity contribution in [2.24, 2.45) is 0 Å². The van der Waals surface area contributed by atoms with Gasteiger partial charge in [-0.2, -0.15) is 0 Å². The van der Waals surface area contributed by atoms with Crippen molar-refractivity contribution in [1.29, 1.82) is 0 Å². The minimum Gasteiger partial charge on any atom is -0.394 e. The summed E-state index contributed by atoms with van der Waals surface area (Å²) in [5, 5.41) is 15.8. The second kappa shape index (κ2) is 9.32. The Morgan fingerprint density at radius 2 is 2.03 bits per heavy atom. The number of carbonyl (C=O) groups is 1. The Kier molecular flexibility index (Phi) is 6.14. The molecule has 1 aromatic carbocycles. The number of aliphatic hydroxyl groups is 1. The molecule has 1 amide bonds. The smallest absolute Gasteiger partial charge is 0.255 e. The zero-order valence-corrected chi connectivity index (χ0v) is 16.5. The number of aliphatic hydroxyl groups excluding tert-OH is 1. The van der Waals surface area contributed by atoms with Gasteiger partial charge in [0.15, 0.2) is 0 Å². The first-order chi connectivity index (χ1) is 14.7. The molecule has 8 nitrogen and oxygen atoms in total. The lowest BCUT2D eigenvalue weighted by Gasteiger charge is -2.24. The number of anilines is 3. The lowest BCUT2D eigenvalue weighted by molar-refractivity contribution is 0.102. The first-order valence-corrected chi connectivity index (χ1v) is 9.96. The van der Waals surface area contributed by atoms with Gasteiger partial charge in [0.25, 0.3) is 5.91 Å². The van der Waals surface area contributed by atoms with Gasteiger partial charge in [0.05, 0.1) is 12.6 Å². The molecule has 0 radical (unpaired) electrons. The van der Waals surface area contributed by atoms with Crippen molar-refractivity contribution in [2.45, 2.75) is 25.4 Å². The topological polar surface area (TPSA) is 103 Å².